The Hall–Kier alpha value is -4.79. The molecule has 0 N–H and O–H groups in total. The van der Waals surface area contributed by atoms with Gasteiger partial charge in [0.05, 0.1) is 11.0 Å². The van der Waals surface area contributed by atoms with Crippen molar-refractivity contribution in [3.63, 3.8) is 0 Å². The highest BCUT2D eigenvalue weighted by Crippen LogP contribution is 2.50. The van der Waals surface area contributed by atoms with E-state index in [-0.39, 0.29) is 0 Å². The van der Waals surface area contributed by atoms with Crippen LogP contribution in [0.5, 0.6) is 0 Å². The molecule has 2 heterocycles. The normalized spacial score (nSPS) is 12.4. The number of benzene rings is 7. The second-order valence-corrected chi connectivity index (χ2v) is 11.6. The molecule has 9 rings (SSSR count). The highest BCUT2D eigenvalue weighted by molar-refractivity contribution is 7.99. The Morgan fingerprint density at radius 3 is 2.17 bits per heavy atom. The largest absolute Gasteiger partial charge is 0.309 e. The van der Waals surface area contributed by atoms with Crippen LogP contribution in [0.2, 0.25) is 0 Å². The lowest BCUT2D eigenvalue weighted by atomic mass is 9.92. The monoisotopic (exact) mass is 525 g/mol. The van der Waals surface area contributed by atoms with Gasteiger partial charge in [0.25, 0.3) is 0 Å². The third kappa shape index (κ3) is 3.05. The molecule has 0 fully saturated rings. The molecule has 186 valence electrons. The smallest absolute Gasteiger partial charge is 0.0547 e. The maximum absolute atomic E-state index is 2.43. The standard InChI is InChI=1S/C38H23NS/c1-2-10-26(11-3-1)39-33-21-18-24-9-4-5-12-28(24)37(33)32-19-17-25(23-34(32)39)27-20-22-36-38-30(27)14-8-15-31(38)29-13-6-7-16-35(29)40-36/h1-23H. The lowest BCUT2D eigenvalue weighted by molar-refractivity contribution is 1.18. The fourth-order valence-corrected chi connectivity index (χ4v) is 7.77. The van der Waals surface area contributed by atoms with Gasteiger partial charge in [0.1, 0.15) is 0 Å². The number of aromatic nitrogens is 1. The molecule has 8 aromatic rings. The van der Waals surface area contributed by atoms with E-state index in [0.717, 1.165) is 0 Å². The maximum atomic E-state index is 2.43. The summed E-state index contributed by atoms with van der Waals surface area (Å²) in [5.74, 6) is 0. The van der Waals surface area contributed by atoms with Gasteiger partial charge in [-0.05, 0) is 74.8 Å². The molecule has 0 spiro atoms. The molecule has 0 atom stereocenters. The fraction of sp³-hybridized carbons (Fsp3) is 0. The molecule has 0 amide bonds. The fourth-order valence-electron chi connectivity index (χ4n) is 6.64. The van der Waals surface area contributed by atoms with Gasteiger partial charge >= 0.3 is 0 Å². The van der Waals surface area contributed by atoms with Crippen LogP contribution in [-0.4, -0.2) is 4.57 Å². The second-order valence-electron chi connectivity index (χ2n) is 10.5. The Labute approximate surface area is 236 Å². The van der Waals surface area contributed by atoms with E-state index in [4.69, 9.17) is 0 Å². The molecule has 1 aromatic heterocycles. The van der Waals surface area contributed by atoms with Gasteiger partial charge in [-0.15, -0.1) is 0 Å². The molecular formula is C38H23NS. The topological polar surface area (TPSA) is 4.93 Å². The van der Waals surface area contributed by atoms with Crippen molar-refractivity contribution in [2.75, 3.05) is 0 Å². The van der Waals surface area contributed by atoms with Crippen LogP contribution in [0.25, 0.3) is 71.3 Å². The van der Waals surface area contributed by atoms with Crippen molar-refractivity contribution >= 4 is 55.1 Å². The van der Waals surface area contributed by atoms with E-state index in [0.29, 0.717) is 0 Å². The lowest BCUT2D eigenvalue weighted by Gasteiger charge is -2.21. The predicted octanol–water partition coefficient (Wildman–Crippen LogP) is 10.9. The number of rotatable bonds is 2. The quantitative estimate of drug-likeness (QED) is 0.217. The van der Waals surface area contributed by atoms with Crippen molar-refractivity contribution in [2.45, 2.75) is 9.79 Å². The molecule has 1 aliphatic rings. The maximum Gasteiger partial charge on any atom is 0.0547 e. The van der Waals surface area contributed by atoms with Crippen molar-refractivity contribution in [1.29, 1.82) is 0 Å². The first-order chi connectivity index (χ1) is 19.8. The summed E-state index contributed by atoms with van der Waals surface area (Å²) in [6, 6.07) is 51.2. The molecule has 7 aromatic carbocycles. The molecule has 0 unspecified atom stereocenters. The van der Waals surface area contributed by atoms with E-state index in [1.807, 2.05) is 11.8 Å². The van der Waals surface area contributed by atoms with Crippen LogP contribution in [-0.2, 0) is 0 Å². The number of nitrogens with zero attached hydrogens (tertiary/aromatic N) is 1. The highest BCUT2D eigenvalue weighted by Gasteiger charge is 2.21. The van der Waals surface area contributed by atoms with Gasteiger partial charge in [0.15, 0.2) is 0 Å². The van der Waals surface area contributed by atoms with Crippen molar-refractivity contribution < 1.29 is 0 Å². The van der Waals surface area contributed by atoms with Gasteiger partial charge in [-0.2, -0.15) is 0 Å². The number of para-hydroxylation sites is 1. The summed E-state index contributed by atoms with van der Waals surface area (Å²) in [7, 11) is 0. The van der Waals surface area contributed by atoms with E-state index in [9.17, 15) is 0 Å². The van der Waals surface area contributed by atoms with E-state index in [1.54, 1.807) is 0 Å². The molecule has 0 saturated carbocycles. The van der Waals surface area contributed by atoms with Gasteiger partial charge in [-0.25, -0.2) is 0 Å². The Balaban J connectivity index is 1.36. The van der Waals surface area contributed by atoms with Crippen LogP contribution in [0.1, 0.15) is 0 Å². The van der Waals surface area contributed by atoms with Crippen LogP contribution in [0, 0.1) is 0 Å². The van der Waals surface area contributed by atoms with Crippen molar-refractivity contribution in [1.82, 2.24) is 4.57 Å². The van der Waals surface area contributed by atoms with Gasteiger partial charge in [0, 0.05) is 31.6 Å². The van der Waals surface area contributed by atoms with Gasteiger partial charge in [-0.1, -0.05) is 115 Å². The molecule has 0 bridgehead atoms. The molecule has 0 saturated heterocycles. The Morgan fingerprint density at radius 1 is 0.425 bits per heavy atom. The predicted molar refractivity (Wildman–Crippen MR) is 171 cm³/mol. The first-order valence-corrected chi connectivity index (χ1v) is 14.5. The van der Waals surface area contributed by atoms with E-state index >= 15 is 0 Å². The molecule has 1 aliphatic heterocycles. The minimum absolute atomic E-state index is 1.18. The third-order valence-corrected chi connectivity index (χ3v) is 9.52. The van der Waals surface area contributed by atoms with E-state index in [2.05, 4.69) is 144 Å². The summed E-state index contributed by atoms with van der Waals surface area (Å²) in [4.78, 5) is 2.66. The molecule has 0 radical (unpaired) electrons. The van der Waals surface area contributed by atoms with Gasteiger partial charge < -0.3 is 4.57 Å². The van der Waals surface area contributed by atoms with Crippen LogP contribution in [0.4, 0.5) is 0 Å². The van der Waals surface area contributed by atoms with Crippen molar-refractivity contribution in [3.8, 4) is 27.9 Å². The molecule has 0 aliphatic carbocycles. The van der Waals surface area contributed by atoms with Crippen molar-refractivity contribution in [2.24, 2.45) is 0 Å². The SMILES string of the molecule is c1ccc(-n2c3cc(-c4ccc5c6c(cccc46)-c4ccccc4S5)ccc3c3c4ccccc4ccc32)cc1. The van der Waals surface area contributed by atoms with Crippen molar-refractivity contribution in [3.05, 3.63) is 140 Å². The van der Waals surface area contributed by atoms with Crippen LogP contribution in [0.3, 0.4) is 0 Å². The van der Waals surface area contributed by atoms with Crippen LogP contribution < -0.4 is 0 Å². The minimum Gasteiger partial charge on any atom is -0.309 e. The summed E-state index contributed by atoms with van der Waals surface area (Å²) in [5.41, 5.74) is 8.82. The Morgan fingerprint density at radius 2 is 1.23 bits per heavy atom. The Kier molecular flexibility index (Phi) is 4.61. The average molecular weight is 526 g/mol. The summed E-state index contributed by atoms with van der Waals surface area (Å²) >= 11 is 1.88. The zero-order valence-corrected chi connectivity index (χ0v) is 22.5. The summed E-state index contributed by atoms with van der Waals surface area (Å²) in [5, 5.41) is 7.83. The lowest BCUT2D eigenvalue weighted by Crippen LogP contribution is -1.95. The van der Waals surface area contributed by atoms with Crippen LogP contribution >= 0.6 is 11.8 Å². The highest BCUT2D eigenvalue weighted by atomic mass is 32.2. The van der Waals surface area contributed by atoms with Crippen LogP contribution in [0.15, 0.2) is 149 Å². The molecule has 2 heteroatoms. The van der Waals surface area contributed by atoms with Gasteiger partial charge in [0.2, 0.25) is 0 Å². The molecule has 40 heavy (non-hydrogen) atoms. The average Bonchev–Trinajstić information content (AvgIpc) is 3.36. The second kappa shape index (κ2) is 8.35. The summed E-state index contributed by atoms with van der Waals surface area (Å²) < 4.78 is 2.43. The first-order valence-electron chi connectivity index (χ1n) is 13.7. The zero-order valence-electron chi connectivity index (χ0n) is 21.6. The Bertz CT molecular complexity index is 2290. The summed E-state index contributed by atoms with van der Waals surface area (Å²) in [6.45, 7) is 0. The van der Waals surface area contributed by atoms with E-state index in [1.165, 1.54) is 81.1 Å². The summed E-state index contributed by atoms with van der Waals surface area (Å²) in [6.07, 6.45) is 0. The van der Waals surface area contributed by atoms with E-state index < -0.39 is 0 Å². The first kappa shape index (κ1) is 22.1. The molecule has 1 nitrogen and oxygen atoms in total. The third-order valence-electron chi connectivity index (χ3n) is 8.38. The molecular weight excluding hydrogens is 502 g/mol. The number of hydrogen-bond acceptors (Lipinski definition) is 1. The number of hydrogen-bond donors (Lipinski definition) is 0. The van der Waals surface area contributed by atoms with Gasteiger partial charge in [-0.3, -0.25) is 0 Å². The minimum atomic E-state index is 1.18. The number of fused-ring (bicyclic) bond motifs is 7. The zero-order chi connectivity index (χ0) is 26.2.